The Labute approximate surface area is 79.1 Å². The van der Waals surface area contributed by atoms with Gasteiger partial charge in [0.15, 0.2) is 0 Å². The number of rotatable bonds is 4. The highest BCUT2D eigenvalue weighted by Gasteiger charge is 2.31. The summed E-state index contributed by atoms with van der Waals surface area (Å²) in [7, 11) is 0. The van der Waals surface area contributed by atoms with Gasteiger partial charge < -0.3 is 5.32 Å². The molecular weight excluding hydrogens is 162 g/mol. The van der Waals surface area contributed by atoms with Crippen LogP contribution in [-0.2, 0) is 13.1 Å². The van der Waals surface area contributed by atoms with E-state index in [4.69, 9.17) is 0 Å². The molecule has 1 aliphatic rings. The van der Waals surface area contributed by atoms with Crippen LogP contribution in [0.4, 0.5) is 0 Å². The van der Waals surface area contributed by atoms with E-state index in [1.54, 1.807) is 0 Å². The molecule has 2 atom stereocenters. The van der Waals surface area contributed by atoms with E-state index >= 15 is 0 Å². The summed E-state index contributed by atoms with van der Waals surface area (Å²) in [6.45, 7) is 6.33. The fourth-order valence-electron chi connectivity index (χ4n) is 1.64. The maximum Gasteiger partial charge on any atom is 0.0522 e. The molecule has 3 heteroatoms. The van der Waals surface area contributed by atoms with Gasteiger partial charge in [-0.15, -0.1) is 0 Å². The van der Waals surface area contributed by atoms with E-state index in [1.807, 2.05) is 10.9 Å². The number of hydrogen-bond acceptors (Lipinski definition) is 2. The van der Waals surface area contributed by atoms with Crippen molar-refractivity contribution in [3.05, 3.63) is 18.0 Å². The molecule has 1 fully saturated rings. The lowest BCUT2D eigenvalue weighted by Crippen LogP contribution is -2.19. The second-order valence-corrected chi connectivity index (χ2v) is 3.84. The maximum atomic E-state index is 4.23. The zero-order chi connectivity index (χ0) is 9.26. The van der Waals surface area contributed by atoms with Gasteiger partial charge in [0.05, 0.1) is 5.69 Å². The Morgan fingerprint density at radius 1 is 1.69 bits per heavy atom. The largest absolute Gasteiger partial charge is 0.308 e. The Bertz CT molecular complexity index is 279. The normalized spacial score (nSPS) is 26.3. The SMILES string of the molecule is CCn1nccc1CNC1CC1C. The molecule has 1 aromatic heterocycles. The molecule has 1 aliphatic carbocycles. The van der Waals surface area contributed by atoms with Gasteiger partial charge in [-0.25, -0.2) is 0 Å². The van der Waals surface area contributed by atoms with Gasteiger partial charge in [0, 0.05) is 25.3 Å². The molecule has 0 spiro atoms. The molecule has 2 rings (SSSR count). The standard InChI is InChI=1S/C10H17N3/c1-3-13-9(4-5-12-13)7-11-10-6-8(10)2/h4-5,8,10-11H,3,6-7H2,1-2H3. The van der Waals surface area contributed by atoms with E-state index in [2.05, 4.69) is 30.3 Å². The van der Waals surface area contributed by atoms with Crippen LogP contribution in [0.25, 0.3) is 0 Å². The number of nitrogens with one attached hydrogen (secondary N) is 1. The summed E-state index contributed by atoms with van der Waals surface area (Å²) in [6.07, 6.45) is 3.21. The molecule has 1 aromatic rings. The second-order valence-electron chi connectivity index (χ2n) is 3.84. The van der Waals surface area contributed by atoms with E-state index in [0.29, 0.717) is 0 Å². The third kappa shape index (κ3) is 1.91. The first-order chi connectivity index (χ1) is 6.31. The molecular formula is C10H17N3. The summed E-state index contributed by atoms with van der Waals surface area (Å²) >= 11 is 0. The van der Waals surface area contributed by atoms with Crippen molar-refractivity contribution in [2.24, 2.45) is 5.92 Å². The number of aromatic nitrogens is 2. The predicted molar refractivity (Wildman–Crippen MR) is 52.3 cm³/mol. The quantitative estimate of drug-likeness (QED) is 0.757. The van der Waals surface area contributed by atoms with Gasteiger partial charge in [-0.3, -0.25) is 4.68 Å². The summed E-state index contributed by atoms with van der Waals surface area (Å²) < 4.78 is 2.04. The average Bonchev–Trinajstić information content (AvgIpc) is 2.68. The number of nitrogens with zero attached hydrogens (tertiary/aromatic N) is 2. The van der Waals surface area contributed by atoms with Crippen molar-refractivity contribution in [3.63, 3.8) is 0 Å². The van der Waals surface area contributed by atoms with Gasteiger partial charge in [0.2, 0.25) is 0 Å². The summed E-state index contributed by atoms with van der Waals surface area (Å²) in [6, 6.07) is 2.84. The topological polar surface area (TPSA) is 29.9 Å². The third-order valence-electron chi connectivity index (χ3n) is 2.76. The lowest BCUT2D eigenvalue weighted by Gasteiger charge is -2.05. The molecule has 0 aromatic carbocycles. The van der Waals surface area contributed by atoms with Crippen molar-refractivity contribution in [1.82, 2.24) is 15.1 Å². The molecule has 0 amide bonds. The van der Waals surface area contributed by atoms with Crippen molar-refractivity contribution in [2.45, 2.75) is 39.4 Å². The summed E-state index contributed by atoms with van der Waals surface area (Å²) in [5.41, 5.74) is 1.29. The minimum atomic E-state index is 0.750. The molecule has 2 unspecified atom stereocenters. The van der Waals surface area contributed by atoms with Crippen molar-refractivity contribution in [2.75, 3.05) is 0 Å². The molecule has 1 heterocycles. The number of hydrogen-bond donors (Lipinski definition) is 1. The van der Waals surface area contributed by atoms with Crippen molar-refractivity contribution in [1.29, 1.82) is 0 Å². The molecule has 72 valence electrons. The van der Waals surface area contributed by atoms with Gasteiger partial charge in [-0.05, 0) is 25.3 Å². The molecule has 0 bridgehead atoms. The van der Waals surface area contributed by atoms with E-state index in [-0.39, 0.29) is 0 Å². The fraction of sp³-hybridized carbons (Fsp3) is 0.700. The van der Waals surface area contributed by atoms with E-state index < -0.39 is 0 Å². The smallest absolute Gasteiger partial charge is 0.0522 e. The van der Waals surface area contributed by atoms with Gasteiger partial charge in [0.25, 0.3) is 0 Å². The second kappa shape index (κ2) is 3.50. The zero-order valence-corrected chi connectivity index (χ0v) is 8.33. The third-order valence-corrected chi connectivity index (χ3v) is 2.76. The predicted octanol–water partition coefficient (Wildman–Crippen LogP) is 1.40. The Kier molecular flexibility index (Phi) is 2.36. The van der Waals surface area contributed by atoms with E-state index in [1.165, 1.54) is 12.1 Å². The highest BCUT2D eigenvalue weighted by Crippen LogP contribution is 2.29. The average molecular weight is 179 g/mol. The van der Waals surface area contributed by atoms with Crippen LogP contribution >= 0.6 is 0 Å². The van der Waals surface area contributed by atoms with Crippen LogP contribution in [0.1, 0.15) is 26.0 Å². The van der Waals surface area contributed by atoms with Crippen LogP contribution in [-0.4, -0.2) is 15.8 Å². The Morgan fingerprint density at radius 2 is 2.46 bits per heavy atom. The highest BCUT2D eigenvalue weighted by atomic mass is 15.3. The maximum absolute atomic E-state index is 4.23. The van der Waals surface area contributed by atoms with Crippen molar-refractivity contribution >= 4 is 0 Å². The minimum Gasteiger partial charge on any atom is -0.308 e. The molecule has 1 N–H and O–H groups in total. The molecule has 1 saturated carbocycles. The molecule has 3 nitrogen and oxygen atoms in total. The van der Waals surface area contributed by atoms with Gasteiger partial charge in [0.1, 0.15) is 0 Å². The monoisotopic (exact) mass is 179 g/mol. The summed E-state index contributed by atoms with van der Waals surface area (Å²) in [5, 5.41) is 7.75. The van der Waals surface area contributed by atoms with Crippen LogP contribution < -0.4 is 5.32 Å². The minimum absolute atomic E-state index is 0.750. The van der Waals surface area contributed by atoms with Crippen LogP contribution in [0, 0.1) is 5.92 Å². The highest BCUT2D eigenvalue weighted by molar-refractivity contribution is 5.02. The lowest BCUT2D eigenvalue weighted by atomic mass is 10.4. The molecule has 0 aliphatic heterocycles. The van der Waals surface area contributed by atoms with E-state index in [9.17, 15) is 0 Å². The first kappa shape index (κ1) is 8.75. The molecule has 0 saturated heterocycles. The van der Waals surface area contributed by atoms with Crippen molar-refractivity contribution in [3.8, 4) is 0 Å². The summed E-state index contributed by atoms with van der Waals surface area (Å²) in [4.78, 5) is 0. The lowest BCUT2D eigenvalue weighted by molar-refractivity contribution is 0.570. The Balaban J connectivity index is 1.86. The number of aryl methyl sites for hydroxylation is 1. The first-order valence-electron chi connectivity index (χ1n) is 5.05. The summed E-state index contributed by atoms with van der Waals surface area (Å²) in [5.74, 6) is 0.873. The molecule has 0 radical (unpaired) electrons. The zero-order valence-electron chi connectivity index (χ0n) is 8.33. The first-order valence-corrected chi connectivity index (χ1v) is 5.05. The molecule has 13 heavy (non-hydrogen) atoms. The van der Waals surface area contributed by atoms with Crippen LogP contribution in [0.15, 0.2) is 12.3 Å². The van der Waals surface area contributed by atoms with Crippen LogP contribution in [0.2, 0.25) is 0 Å². The van der Waals surface area contributed by atoms with E-state index in [0.717, 1.165) is 25.0 Å². The van der Waals surface area contributed by atoms with Crippen LogP contribution in [0.3, 0.4) is 0 Å². The van der Waals surface area contributed by atoms with Crippen molar-refractivity contribution < 1.29 is 0 Å². The van der Waals surface area contributed by atoms with Gasteiger partial charge >= 0.3 is 0 Å². The van der Waals surface area contributed by atoms with Crippen LogP contribution in [0.5, 0.6) is 0 Å². The van der Waals surface area contributed by atoms with Gasteiger partial charge in [-0.2, -0.15) is 5.10 Å². The Morgan fingerprint density at radius 3 is 3.08 bits per heavy atom. The Hall–Kier alpha value is -0.830. The van der Waals surface area contributed by atoms with Gasteiger partial charge in [-0.1, -0.05) is 6.92 Å². The fourth-order valence-corrected chi connectivity index (χ4v) is 1.64.